The molecule has 0 aliphatic carbocycles. The van der Waals surface area contributed by atoms with Gasteiger partial charge in [-0.15, -0.1) is 11.3 Å². The first kappa shape index (κ1) is 12.7. The second-order valence-electron chi connectivity index (χ2n) is 2.18. The summed E-state index contributed by atoms with van der Waals surface area (Å²) in [6.45, 7) is 9.76. The Labute approximate surface area is 93.1 Å². The first-order chi connectivity index (χ1) is 6.24. The molecule has 1 rings (SSSR count). The quantitative estimate of drug-likeness (QED) is 0.687. The second-order valence-corrected chi connectivity index (χ2v) is 4.37. The van der Waals surface area contributed by atoms with Crippen molar-refractivity contribution in [3.05, 3.63) is 32.9 Å². The standard InChI is InChI=1S/C9H9BrS.C2H6/c1-3-9-8(4-5-11-9)6-7(2)10;1-2/h3-6H,1H2,2H3;1-2H3/b7-6+;. The van der Waals surface area contributed by atoms with Crippen molar-refractivity contribution in [2.45, 2.75) is 20.8 Å². The van der Waals surface area contributed by atoms with Crippen molar-refractivity contribution in [1.82, 2.24) is 0 Å². The summed E-state index contributed by atoms with van der Waals surface area (Å²) in [7, 11) is 0. The van der Waals surface area contributed by atoms with Crippen molar-refractivity contribution in [2.24, 2.45) is 0 Å². The molecule has 1 aromatic heterocycles. The van der Waals surface area contributed by atoms with Gasteiger partial charge in [0.15, 0.2) is 0 Å². The molecule has 0 aliphatic rings. The van der Waals surface area contributed by atoms with E-state index >= 15 is 0 Å². The minimum absolute atomic E-state index is 1.14. The monoisotopic (exact) mass is 258 g/mol. The van der Waals surface area contributed by atoms with Crippen molar-refractivity contribution in [2.75, 3.05) is 0 Å². The van der Waals surface area contributed by atoms with Crippen molar-refractivity contribution in [1.29, 1.82) is 0 Å². The average Bonchev–Trinajstić information content (AvgIpc) is 2.54. The molecule has 1 aromatic rings. The van der Waals surface area contributed by atoms with Crippen molar-refractivity contribution in [3.8, 4) is 0 Å². The number of rotatable bonds is 2. The summed E-state index contributed by atoms with van der Waals surface area (Å²) in [6, 6.07) is 2.09. The van der Waals surface area contributed by atoms with Crippen LogP contribution in [-0.4, -0.2) is 0 Å². The number of hydrogen-bond acceptors (Lipinski definition) is 1. The first-order valence-electron chi connectivity index (χ1n) is 4.28. The maximum atomic E-state index is 3.74. The Morgan fingerprint density at radius 3 is 2.62 bits per heavy atom. The van der Waals surface area contributed by atoms with Crippen LogP contribution in [-0.2, 0) is 0 Å². The lowest BCUT2D eigenvalue weighted by Gasteiger charge is -1.90. The lowest BCUT2D eigenvalue weighted by Crippen LogP contribution is -1.68. The lowest BCUT2D eigenvalue weighted by atomic mass is 10.2. The number of hydrogen-bond donors (Lipinski definition) is 0. The Morgan fingerprint density at radius 1 is 1.54 bits per heavy atom. The molecular weight excluding hydrogens is 244 g/mol. The van der Waals surface area contributed by atoms with Crippen LogP contribution >= 0.6 is 27.3 Å². The highest BCUT2D eigenvalue weighted by molar-refractivity contribution is 9.11. The lowest BCUT2D eigenvalue weighted by molar-refractivity contribution is 1.50. The third-order valence-electron chi connectivity index (χ3n) is 1.27. The second kappa shape index (κ2) is 7.10. The number of thiophene rings is 1. The molecular formula is C11H15BrS. The predicted octanol–water partition coefficient (Wildman–Crippen LogP) is 5.17. The van der Waals surface area contributed by atoms with Gasteiger partial charge in [-0.1, -0.05) is 42.4 Å². The highest BCUT2D eigenvalue weighted by Gasteiger charge is 1.95. The van der Waals surface area contributed by atoms with E-state index in [1.54, 1.807) is 11.3 Å². The van der Waals surface area contributed by atoms with Crippen LogP contribution in [0.5, 0.6) is 0 Å². The molecule has 2 heteroatoms. The van der Waals surface area contributed by atoms with Gasteiger partial charge in [-0.05, 0) is 34.5 Å². The fraction of sp³-hybridized carbons (Fsp3) is 0.273. The van der Waals surface area contributed by atoms with Gasteiger partial charge in [0.2, 0.25) is 0 Å². The zero-order valence-electron chi connectivity index (χ0n) is 8.30. The zero-order valence-corrected chi connectivity index (χ0v) is 10.7. The zero-order chi connectivity index (χ0) is 10.3. The van der Waals surface area contributed by atoms with E-state index in [2.05, 4.69) is 40.0 Å². The first-order valence-corrected chi connectivity index (χ1v) is 5.95. The Balaban J connectivity index is 0.000000671. The van der Waals surface area contributed by atoms with Gasteiger partial charge < -0.3 is 0 Å². The van der Waals surface area contributed by atoms with Gasteiger partial charge >= 0.3 is 0 Å². The summed E-state index contributed by atoms with van der Waals surface area (Å²) in [4.78, 5) is 1.23. The van der Waals surface area contributed by atoms with Crippen molar-refractivity contribution in [3.63, 3.8) is 0 Å². The van der Waals surface area contributed by atoms with E-state index in [9.17, 15) is 0 Å². The van der Waals surface area contributed by atoms with Crippen LogP contribution in [0, 0.1) is 0 Å². The van der Waals surface area contributed by atoms with E-state index in [-0.39, 0.29) is 0 Å². The summed E-state index contributed by atoms with van der Waals surface area (Å²) < 4.78 is 1.14. The molecule has 1 heterocycles. The largest absolute Gasteiger partial charge is 0.144 e. The highest BCUT2D eigenvalue weighted by atomic mass is 79.9. The Morgan fingerprint density at radius 2 is 2.15 bits per heavy atom. The topological polar surface area (TPSA) is 0 Å². The van der Waals surface area contributed by atoms with Crippen LogP contribution < -0.4 is 0 Å². The van der Waals surface area contributed by atoms with Crippen LogP contribution in [0.3, 0.4) is 0 Å². The molecule has 0 unspecified atom stereocenters. The van der Waals surface area contributed by atoms with Gasteiger partial charge in [-0.3, -0.25) is 0 Å². The predicted molar refractivity (Wildman–Crippen MR) is 68.3 cm³/mol. The van der Waals surface area contributed by atoms with Gasteiger partial charge in [0.1, 0.15) is 0 Å². The van der Waals surface area contributed by atoms with Crippen LogP contribution in [0.15, 0.2) is 22.5 Å². The molecule has 72 valence electrons. The SMILES string of the molecule is C=Cc1sccc1/C=C(\C)Br.CC. The molecule has 0 spiro atoms. The molecule has 0 N–H and O–H groups in total. The fourth-order valence-electron chi connectivity index (χ4n) is 0.830. The Kier molecular flexibility index (Phi) is 6.92. The molecule has 0 saturated heterocycles. The third kappa shape index (κ3) is 4.44. The number of allylic oxidation sites excluding steroid dienone is 1. The highest BCUT2D eigenvalue weighted by Crippen LogP contribution is 2.21. The fourth-order valence-corrected chi connectivity index (χ4v) is 1.80. The van der Waals surface area contributed by atoms with Gasteiger partial charge in [-0.25, -0.2) is 0 Å². The van der Waals surface area contributed by atoms with Crippen molar-refractivity contribution < 1.29 is 0 Å². The summed E-state index contributed by atoms with van der Waals surface area (Å²) in [6.07, 6.45) is 3.97. The molecule has 0 aliphatic heterocycles. The van der Waals surface area contributed by atoms with E-state index in [4.69, 9.17) is 0 Å². The summed E-state index contributed by atoms with van der Waals surface area (Å²) in [5.41, 5.74) is 1.24. The minimum Gasteiger partial charge on any atom is -0.144 e. The van der Waals surface area contributed by atoms with E-state index in [0.717, 1.165) is 4.48 Å². The molecule has 0 fully saturated rings. The molecule has 0 nitrogen and oxygen atoms in total. The number of halogens is 1. The van der Waals surface area contributed by atoms with Crippen LogP contribution in [0.25, 0.3) is 12.2 Å². The van der Waals surface area contributed by atoms with Crippen LogP contribution in [0.1, 0.15) is 31.2 Å². The van der Waals surface area contributed by atoms with Gasteiger partial charge in [-0.2, -0.15) is 0 Å². The molecule has 0 radical (unpaired) electrons. The van der Waals surface area contributed by atoms with E-state index in [0.29, 0.717) is 0 Å². The normalized spacial score (nSPS) is 10.3. The molecule has 0 atom stereocenters. The third-order valence-corrected chi connectivity index (χ3v) is 2.42. The van der Waals surface area contributed by atoms with E-state index in [1.165, 1.54) is 10.4 Å². The summed E-state index contributed by atoms with van der Waals surface area (Å²) in [5, 5.41) is 2.07. The summed E-state index contributed by atoms with van der Waals surface area (Å²) >= 11 is 5.10. The molecule has 0 amide bonds. The Hall–Kier alpha value is -0.340. The molecule has 0 saturated carbocycles. The van der Waals surface area contributed by atoms with Crippen molar-refractivity contribution >= 4 is 39.4 Å². The van der Waals surface area contributed by atoms with Gasteiger partial charge in [0, 0.05) is 4.88 Å². The molecule has 0 aromatic carbocycles. The van der Waals surface area contributed by atoms with E-state index < -0.39 is 0 Å². The maximum Gasteiger partial charge on any atom is 0.0337 e. The molecule has 0 bridgehead atoms. The minimum atomic E-state index is 1.14. The maximum absolute atomic E-state index is 3.74. The smallest absolute Gasteiger partial charge is 0.0337 e. The van der Waals surface area contributed by atoms with Gasteiger partial charge in [0.25, 0.3) is 0 Å². The van der Waals surface area contributed by atoms with Crippen LogP contribution in [0.4, 0.5) is 0 Å². The van der Waals surface area contributed by atoms with E-state index in [1.807, 2.05) is 26.8 Å². The summed E-state index contributed by atoms with van der Waals surface area (Å²) in [5.74, 6) is 0. The Bertz CT molecular complexity index is 280. The van der Waals surface area contributed by atoms with Crippen LogP contribution in [0.2, 0.25) is 0 Å². The van der Waals surface area contributed by atoms with Gasteiger partial charge in [0.05, 0.1) is 0 Å². The molecule has 13 heavy (non-hydrogen) atoms. The average molecular weight is 259 g/mol.